The summed E-state index contributed by atoms with van der Waals surface area (Å²) in [5.41, 5.74) is 0.177. The third kappa shape index (κ3) is 4.21. The minimum absolute atomic E-state index is 0.00174. The van der Waals surface area contributed by atoms with Gasteiger partial charge in [0.1, 0.15) is 23.8 Å². The maximum atomic E-state index is 16.5. The molecule has 4 aromatic rings. The van der Waals surface area contributed by atoms with E-state index in [0.29, 0.717) is 54.9 Å². The molecule has 1 amide bonds. The van der Waals surface area contributed by atoms with Crippen molar-refractivity contribution in [1.29, 1.82) is 0 Å². The number of carbonyl (C=O) groups excluding carboxylic acids is 1. The predicted molar refractivity (Wildman–Crippen MR) is 152 cm³/mol. The fourth-order valence-corrected chi connectivity index (χ4v) is 6.74. The number of carbonyl (C=O) groups is 1. The average molecular weight is 580 g/mol. The molecule has 7 rings (SSSR count). The van der Waals surface area contributed by atoms with Gasteiger partial charge in [-0.2, -0.15) is 15.1 Å². The highest BCUT2D eigenvalue weighted by molar-refractivity contribution is 6.35. The van der Waals surface area contributed by atoms with Crippen LogP contribution in [0.2, 0.25) is 5.02 Å². The van der Waals surface area contributed by atoms with Crippen LogP contribution < -0.4 is 9.64 Å². The summed E-state index contributed by atoms with van der Waals surface area (Å²) in [6.45, 7) is 7.44. The lowest BCUT2D eigenvalue weighted by molar-refractivity contribution is -0.139. The van der Waals surface area contributed by atoms with Crippen LogP contribution in [0.1, 0.15) is 12.8 Å². The number of hydrogen-bond donors (Lipinski definition) is 1. The topological polar surface area (TPSA) is 90.5 Å². The normalized spacial score (nSPS) is 20.0. The Morgan fingerprint density at radius 1 is 1.24 bits per heavy atom. The van der Waals surface area contributed by atoms with E-state index in [1.54, 1.807) is 23.2 Å². The van der Waals surface area contributed by atoms with Gasteiger partial charge in [-0.15, -0.1) is 0 Å². The molecule has 3 aliphatic rings. The van der Waals surface area contributed by atoms with E-state index in [1.165, 1.54) is 12.1 Å². The van der Waals surface area contributed by atoms with Crippen LogP contribution in [-0.4, -0.2) is 88.3 Å². The second kappa shape index (κ2) is 9.63. The summed E-state index contributed by atoms with van der Waals surface area (Å²) in [6, 6.07) is 4.70. The number of likely N-dealkylation sites (N-methyl/N-ethyl adjacent to an activating group) is 1. The number of anilines is 1. The molecule has 2 aromatic heterocycles. The van der Waals surface area contributed by atoms with Gasteiger partial charge in [0.25, 0.3) is 0 Å². The predicted octanol–water partition coefficient (Wildman–Crippen LogP) is 4.41. The summed E-state index contributed by atoms with van der Waals surface area (Å²) in [4.78, 5) is 27.2. The molecule has 3 saturated heterocycles. The lowest BCUT2D eigenvalue weighted by atomic mass is 9.72. The third-order valence-electron chi connectivity index (χ3n) is 8.63. The van der Waals surface area contributed by atoms with Gasteiger partial charge < -0.3 is 19.4 Å². The van der Waals surface area contributed by atoms with E-state index in [1.807, 2.05) is 11.9 Å². The molecule has 9 nitrogen and oxygen atoms in total. The number of nitrogens with zero attached hydrogens (tertiary/aromatic N) is 6. The number of fused-ring (bicyclic) bond motifs is 2. The van der Waals surface area contributed by atoms with E-state index < -0.39 is 11.6 Å². The number of aromatic amines is 1. The molecule has 1 spiro atoms. The largest absolute Gasteiger partial charge is 0.462 e. The fraction of sp³-hybridized carbons (Fsp3) is 0.379. The van der Waals surface area contributed by atoms with Gasteiger partial charge in [0, 0.05) is 59.5 Å². The first-order valence-electron chi connectivity index (χ1n) is 13.6. The Morgan fingerprint density at radius 3 is 2.78 bits per heavy atom. The van der Waals surface area contributed by atoms with Crippen LogP contribution in [0.3, 0.4) is 0 Å². The number of H-pyrrole nitrogens is 1. The first kappa shape index (κ1) is 26.1. The fourth-order valence-electron chi connectivity index (χ4n) is 6.45. The molecule has 12 heteroatoms. The Labute approximate surface area is 239 Å². The average Bonchev–Trinajstić information content (AvgIpc) is 3.55. The number of benzene rings is 2. The van der Waals surface area contributed by atoms with Crippen LogP contribution in [0, 0.1) is 17.0 Å². The van der Waals surface area contributed by atoms with Crippen molar-refractivity contribution in [1.82, 2.24) is 30.0 Å². The van der Waals surface area contributed by atoms with Gasteiger partial charge in [-0.3, -0.25) is 9.89 Å². The highest BCUT2D eigenvalue weighted by Gasteiger charge is 2.53. The molecule has 0 aliphatic carbocycles. The molecular weight excluding hydrogens is 552 g/mol. The van der Waals surface area contributed by atoms with Gasteiger partial charge in [-0.25, -0.2) is 8.78 Å². The van der Waals surface area contributed by atoms with E-state index in [-0.39, 0.29) is 45.0 Å². The van der Waals surface area contributed by atoms with Crippen LogP contribution in [0.4, 0.5) is 14.6 Å². The molecule has 0 saturated carbocycles. The van der Waals surface area contributed by atoms with Gasteiger partial charge in [-0.1, -0.05) is 18.2 Å². The number of halogens is 3. The number of likely N-dealkylation sites (tertiary alicyclic amines) is 2. The Bertz CT molecular complexity index is 1710. The number of rotatable bonds is 6. The molecule has 3 fully saturated rings. The van der Waals surface area contributed by atoms with E-state index >= 15 is 8.78 Å². The zero-order valence-electron chi connectivity index (χ0n) is 22.5. The van der Waals surface area contributed by atoms with Gasteiger partial charge in [-0.05, 0) is 50.7 Å². The number of ether oxygens (including phenoxy) is 1. The Balaban J connectivity index is 1.30. The molecule has 2 aromatic carbocycles. The monoisotopic (exact) mass is 579 g/mol. The minimum atomic E-state index is -0.762. The van der Waals surface area contributed by atoms with E-state index in [9.17, 15) is 4.79 Å². The van der Waals surface area contributed by atoms with Crippen molar-refractivity contribution in [3.05, 3.63) is 53.7 Å². The first-order valence-corrected chi connectivity index (χ1v) is 14.0. The quantitative estimate of drug-likeness (QED) is 0.338. The zero-order valence-corrected chi connectivity index (χ0v) is 23.2. The van der Waals surface area contributed by atoms with Crippen LogP contribution >= 0.6 is 11.6 Å². The summed E-state index contributed by atoms with van der Waals surface area (Å²) in [5.74, 6) is -0.988. The highest BCUT2D eigenvalue weighted by Crippen LogP contribution is 2.46. The molecule has 0 radical (unpaired) electrons. The highest BCUT2D eigenvalue weighted by atomic mass is 35.5. The lowest BCUT2D eigenvalue weighted by Crippen LogP contribution is -2.73. The Hall–Kier alpha value is -3.83. The van der Waals surface area contributed by atoms with Crippen LogP contribution in [0.25, 0.3) is 32.9 Å². The zero-order chi connectivity index (χ0) is 28.5. The molecule has 5 heterocycles. The molecule has 0 bridgehead atoms. The second-order valence-electron chi connectivity index (χ2n) is 11.4. The van der Waals surface area contributed by atoms with Crippen molar-refractivity contribution in [2.45, 2.75) is 18.9 Å². The standard InChI is InChI=1S/C29H28ClF2N7O2/c1-3-21(40)38-12-29(13-38)14-39(15-29)27-18-9-19(30)22(23-20(31)7-6-16-10-33-36-25(16)23)24(32)26(18)34-28(35-27)41-11-17-5-4-8-37(17)2/h3,6-7,9-10,17H,1,4-5,8,11-15H2,2H3,(H,33,36)/t17-/m0/s1. The minimum Gasteiger partial charge on any atom is -0.462 e. The molecule has 1 N–H and O–H groups in total. The number of aromatic nitrogens is 4. The Morgan fingerprint density at radius 2 is 2.05 bits per heavy atom. The lowest BCUT2D eigenvalue weighted by Gasteiger charge is -2.60. The van der Waals surface area contributed by atoms with Crippen molar-refractivity contribution in [2.24, 2.45) is 5.41 Å². The van der Waals surface area contributed by atoms with Crippen LogP contribution in [0.15, 0.2) is 37.1 Å². The maximum Gasteiger partial charge on any atom is 0.319 e. The third-order valence-corrected chi connectivity index (χ3v) is 8.92. The van der Waals surface area contributed by atoms with Gasteiger partial charge in [0.2, 0.25) is 5.91 Å². The first-order chi connectivity index (χ1) is 19.8. The Kier molecular flexibility index (Phi) is 6.13. The van der Waals surface area contributed by atoms with Crippen LogP contribution in [-0.2, 0) is 4.79 Å². The number of nitrogens with one attached hydrogen (secondary N) is 1. The van der Waals surface area contributed by atoms with E-state index in [0.717, 1.165) is 19.4 Å². The molecule has 41 heavy (non-hydrogen) atoms. The number of amides is 1. The summed E-state index contributed by atoms with van der Waals surface area (Å²) >= 11 is 6.68. The molecule has 3 aliphatic heterocycles. The summed E-state index contributed by atoms with van der Waals surface area (Å²) < 4.78 is 37.7. The van der Waals surface area contributed by atoms with Gasteiger partial charge in [0.15, 0.2) is 5.82 Å². The van der Waals surface area contributed by atoms with Crippen LogP contribution in [0.5, 0.6) is 6.01 Å². The smallest absolute Gasteiger partial charge is 0.319 e. The van der Waals surface area contributed by atoms with E-state index in [4.69, 9.17) is 21.3 Å². The van der Waals surface area contributed by atoms with Crippen molar-refractivity contribution < 1.29 is 18.3 Å². The van der Waals surface area contributed by atoms with Gasteiger partial charge >= 0.3 is 6.01 Å². The molecular formula is C29H28ClF2N7O2. The number of hydrogen-bond acceptors (Lipinski definition) is 7. The molecule has 0 unspecified atom stereocenters. The van der Waals surface area contributed by atoms with Crippen molar-refractivity contribution in [3.8, 4) is 17.1 Å². The van der Waals surface area contributed by atoms with Crippen molar-refractivity contribution in [2.75, 3.05) is 51.3 Å². The molecule has 212 valence electrons. The summed E-state index contributed by atoms with van der Waals surface area (Å²) in [5, 5.41) is 7.82. The van der Waals surface area contributed by atoms with Gasteiger partial charge in [0.05, 0.1) is 16.7 Å². The second-order valence-corrected chi connectivity index (χ2v) is 11.8. The SMILES string of the molecule is C=CC(=O)N1CC2(C1)CN(c1nc(OC[C@@H]3CCCN3C)nc3c(F)c(-c4c(F)ccc5cn[nH]c45)c(Cl)cc13)C2. The summed E-state index contributed by atoms with van der Waals surface area (Å²) in [6.07, 6.45) is 4.94. The van der Waals surface area contributed by atoms with Crippen molar-refractivity contribution >= 4 is 45.1 Å². The maximum absolute atomic E-state index is 16.5. The molecule has 1 atom stereocenters. The van der Waals surface area contributed by atoms with E-state index in [2.05, 4.69) is 26.7 Å². The summed E-state index contributed by atoms with van der Waals surface area (Å²) in [7, 11) is 2.05. The van der Waals surface area contributed by atoms with Crippen molar-refractivity contribution in [3.63, 3.8) is 0 Å².